The Balaban J connectivity index is 1.74. The molecule has 0 atom stereocenters. The third-order valence-corrected chi connectivity index (χ3v) is 5.61. The molecule has 0 aliphatic rings. The maximum Gasteiger partial charge on any atom is 0.417 e. The lowest BCUT2D eigenvalue weighted by Crippen LogP contribution is -2.22. The zero-order chi connectivity index (χ0) is 24.0. The van der Waals surface area contributed by atoms with Gasteiger partial charge in [0, 0.05) is 10.6 Å². The van der Waals surface area contributed by atoms with Crippen LogP contribution in [-0.4, -0.2) is 19.2 Å². The number of carbonyl (C=O) groups is 1. The second-order valence-corrected chi connectivity index (χ2v) is 8.23. The normalized spacial score (nSPS) is 11.5. The van der Waals surface area contributed by atoms with Crippen molar-refractivity contribution in [3.8, 4) is 11.5 Å². The van der Waals surface area contributed by atoms with Crippen LogP contribution in [0.3, 0.4) is 0 Å². The predicted octanol–water partition coefficient (Wildman–Crippen LogP) is 6.31. The number of carbonyl (C=O) groups excluding carboxylic acids is 1. The van der Waals surface area contributed by atoms with Gasteiger partial charge in [0.15, 0.2) is 11.5 Å². The molecule has 0 bridgehead atoms. The van der Waals surface area contributed by atoms with Gasteiger partial charge in [-0.1, -0.05) is 41.9 Å². The van der Waals surface area contributed by atoms with Gasteiger partial charge in [0.2, 0.25) is 0 Å². The first-order valence-corrected chi connectivity index (χ1v) is 10.9. The van der Waals surface area contributed by atoms with Gasteiger partial charge >= 0.3 is 6.18 Å². The van der Waals surface area contributed by atoms with E-state index in [1.165, 1.54) is 25.5 Å². The first-order valence-electron chi connectivity index (χ1n) is 9.44. The number of rotatable bonds is 7. The molecule has 0 aliphatic heterocycles. The van der Waals surface area contributed by atoms with Crippen LogP contribution in [0, 0.1) is 3.57 Å². The van der Waals surface area contributed by atoms with Crippen molar-refractivity contribution in [1.82, 2.24) is 5.43 Å². The van der Waals surface area contributed by atoms with Crippen LogP contribution in [0.15, 0.2) is 65.8 Å². The number of hydrazone groups is 1. The average Bonchev–Trinajstić information content (AvgIpc) is 2.78. The van der Waals surface area contributed by atoms with Crippen molar-refractivity contribution >= 4 is 46.3 Å². The highest BCUT2D eigenvalue weighted by Crippen LogP contribution is 2.35. The minimum absolute atomic E-state index is 0.230. The molecular formula is C23H17ClF3IN2O3. The molecule has 0 radical (unpaired) electrons. The number of ether oxygens (including phenoxy) is 2. The van der Waals surface area contributed by atoms with E-state index in [9.17, 15) is 18.0 Å². The molecule has 1 amide bonds. The monoisotopic (exact) mass is 588 g/mol. The SMILES string of the molecule is COc1cc(/C=N/NC(=O)c2ccccc2C(F)(F)F)cc(I)c1OCc1ccccc1Cl. The summed E-state index contributed by atoms with van der Waals surface area (Å²) < 4.78 is 51.3. The minimum atomic E-state index is -4.65. The molecule has 33 heavy (non-hydrogen) atoms. The number of nitrogens with one attached hydrogen (secondary N) is 1. The van der Waals surface area contributed by atoms with Gasteiger partial charge < -0.3 is 9.47 Å². The fourth-order valence-electron chi connectivity index (χ4n) is 2.87. The van der Waals surface area contributed by atoms with Crippen molar-refractivity contribution in [2.24, 2.45) is 5.10 Å². The van der Waals surface area contributed by atoms with Crippen LogP contribution in [0.1, 0.15) is 27.0 Å². The molecular weight excluding hydrogens is 572 g/mol. The smallest absolute Gasteiger partial charge is 0.417 e. The largest absolute Gasteiger partial charge is 0.493 e. The van der Waals surface area contributed by atoms with E-state index in [4.69, 9.17) is 21.1 Å². The van der Waals surface area contributed by atoms with E-state index in [1.54, 1.807) is 18.2 Å². The van der Waals surface area contributed by atoms with E-state index in [0.29, 0.717) is 25.7 Å². The van der Waals surface area contributed by atoms with Crippen LogP contribution in [0.25, 0.3) is 0 Å². The number of alkyl halides is 3. The molecule has 0 spiro atoms. The van der Waals surface area contributed by atoms with E-state index < -0.39 is 23.2 Å². The molecule has 0 unspecified atom stereocenters. The van der Waals surface area contributed by atoms with Gasteiger partial charge in [0.25, 0.3) is 5.91 Å². The van der Waals surface area contributed by atoms with Crippen LogP contribution < -0.4 is 14.9 Å². The molecule has 0 fully saturated rings. The molecule has 0 aliphatic carbocycles. The Morgan fingerprint density at radius 3 is 2.55 bits per heavy atom. The van der Waals surface area contributed by atoms with E-state index in [0.717, 1.165) is 17.7 Å². The van der Waals surface area contributed by atoms with Crippen LogP contribution >= 0.6 is 34.2 Å². The quantitative estimate of drug-likeness (QED) is 0.200. The second kappa shape index (κ2) is 10.9. The Hall–Kier alpha value is -2.79. The fourth-order valence-corrected chi connectivity index (χ4v) is 3.85. The minimum Gasteiger partial charge on any atom is -0.493 e. The van der Waals surface area contributed by atoms with Crippen LogP contribution in [0.4, 0.5) is 13.2 Å². The van der Waals surface area contributed by atoms with Crippen molar-refractivity contribution < 1.29 is 27.4 Å². The standard InChI is InChI=1S/C23H17ClF3IN2O3/c1-32-20-11-14(10-19(28)21(20)33-13-15-6-2-5-9-18(15)24)12-29-30-22(31)16-7-3-4-8-17(16)23(25,26)27/h2-12H,13H2,1H3,(H,30,31)/b29-12+. The highest BCUT2D eigenvalue weighted by Gasteiger charge is 2.34. The first-order chi connectivity index (χ1) is 15.7. The van der Waals surface area contributed by atoms with Crippen LogP contribution in [0.5, 0.6) is 11.5 Å². The molecule has 10 heteroatoms. The number of benzene rings is 3. The van der Waals surface area contributed by atoms with E-state index in [1.807, 2.05) is 18.2 Å². The number of nitrogens with zero attached hydrogens (tertiary/aromatic N) is 1. The van der Waals surface area contributed by atoms with Gasteiger partial charge in [-0.3, -0.25) is 4.79 Å². The predicted molar refractivity (Wildman–Crippen MR) is 128 cm³/mol. The molecule has 1 N–H and O–H groups in total. The lowest BCUT2D eigenvalue weighted by molar-refractivity contribution is -0.137. The summed E-state index contributed by atoms with van der Waals surface area (Å²) in [5, 5.41) is 4.36. The Morgan fingerprint density at radius 2 is 1.85 bits per heavy atom. The Morgan fingerprint density at radius 1 is 1.15 bits per heavy atom. The van der Waals surface area contributed by atoms with Crippen molar-refractivity contribution in [1.29, 1.82) is 0 Å². The summed E-state index contributed by atoms with van der Waals surface area (Å²) in [7, 11) is 1.48. The van der Waals surface area contributed by atoms with Crippen molar-refractivity contribution in [2.75, 3.05) is 7.11 Å². The molecule has 3 rings (SSSR count). The molecule has 0 heterocycles. The van der Waals surface area contributed by atoms with Gasteiger partial charge in [-0.2, -0.15) is 18.3 Å². The maximum absolute atomic E-state index is 13.1. The Labute approximate surface area is 206 Å². The third kappa shape index (κ3) is 6.38. The van der Waals surface area contributed by atoms with Crippen molar-refractivity contribution in [3.63, 3.8) is 0 Å². The van der Waals surface area contributed by atoms with Crippen LogP contribution in [-0.2, 0) is 12.8 Å². The lowest BCUT2D eigenvalue weighted by atomic mass is 10.1. The summed E-state index contributed by atoms with van der Waals surface area (Å²) >= 11 is 8.23. The molecule has 172 valence electrons. The summed E-state index contributed by atoms with van der Waals surface area (Å²) in [5.41, 5.74) is 1.93. The van der Waals surface area contributed by atoms with E-state index in [2.05, 4.69) is 33.1 Å². The van der Waals surface area contributed by atoms with Crippen molar-refractivity contribution in [2.45, 2.75) is 12.8 Å². The number of methoxy groups -OCH3 is 1. The highest BCUT2D eigenvalue weighted by atomic mass is 127. The summed E-state index contributed by atoms with van der Waals surface area (Å²) in [6.45, 7) is 0.230. The number of hydrogen-bond acceptors (Lipinski definition) is 4. The van der Waals surface area contributed by atoms with Gasteiger partial charge in [-0.15, -0.1) is 0 Å². The fraction of sp³-hybridized carbons (Fsp3) is 0.130. The highest BCUT2D eigenvalue weighted by molar-refractivity contribution is 14.1. The molecule has 3 aromatic carbocycles. The number of amides is 1. The van der Waals surface area contributed by atoms with Gasteiger partial charge in [-0.05, 0) is 58.5 Å². The maximum atomic E-state index is 13.1. The summed E-state index contributed by atoms with van der Waals surface area (Å²) in [6, 6.07) is 15.1. The number of hydrogen-bond donors (Lipinski definition) is 1. The average molecular weight is 589 g/mol. The molecule has 3 aromatic rings. The molecule has 5 nitrogen and oxygen atoms in total. The third-order valence-electron chi connectivity index (χ3n) is 4.44. The Bertz CT molecular complexity index is 1190. The van der Waals surface area contributed by atoms with Crippen LogP contribution in [0.2, 0.25) is 5.02 Å². The second-order valence-electron chi connectivity index (χ2n) is 6.66. The summed E-state index contributed by atoms with van der Waals surface area (Å²) in [6.07, 6.45) is -3.35. The van der Waals surface area contributed by atoms with Gasteiger partial charge in [-0.25, -0.2) is 5.43 Å². The first kappa shape index (κ1) is 24.8. The van der Waals surface area contributed by atoms with E-state index >= 15 is 0 Å². The van der Waals surface area contributed by atoms with E-state index in [-0.39, 0.29) is 6.61 Å². The van der Waals surface area contributed by atoms with Crippen molar-refractivity contribution in [3.05, 3.63) is 91.5 Å². The zero-order valence-corrected chi connectivity index (χ0v) is 20.0. The molecule has 0 aromatic heterocycles. The Kier molecular flexibility index (Phi) is 8.20. The summed E-state index contributed by atoms with van der Waals surface area (Å²) in [4.78, 5) is 12.2. The molecule has 0 saturated carbocycles. The van der Waals surface area contributed by atoms with Gasteiger partial charge in [0.1, 0.15) is 6.61 Å². The zero-order valence-electron chi connectivity index (χ0n) is 17.1. The lowest BCUT2D eigenvalue weighted by Gasteiger charge is -2.14. The van der Waals surface area contributed by atoms with Gasteiger partial charge in [0.05, 0.1) is 28.0 Å². The molecule has 0 saturated heterocycles. The summed E-state index contributed by atoms with van der Waals surface area (Å²) in [5.74, 6) is -0.0528. The number of halogens is 5. The topological polar surface area (TPSA) is 59.9 Å².